The number of benzene rings is 1. The van der Waals surface area contributed by atoms with Crippen molar-refractivity contribution >= 4 is 5.91 Å². The Balaban J connectivity index is 2.09. The van der Waals surface area contributed by atoms with Gasteiger partial charge >= 0.3 is 0 Å². The molecule has 1 heterocycles. The van der Waals surface area contributed by atoms with E-state index in [1.165, 1.54) is 0 Å². The molecule has 5 nitrogen and oxygen atoms in total. The molecule has 0 spiro atoms. The maximum absolute atomic E-state index is 12.4. The molecule has 0 aliphatic heterocycles. The van der Waals surface area contributed by atoms with E-state index in [1.54, 1.807) is 17.4 Å². The van der Waals surface area contributed by atoms with Crippen LogP contribution in [0.5, 0.6) is 0 Å². The van der Waals surface area contributed by atoms with Crippen LogP contribution in [-0.4, -0.2) is 40.5 Å². The first-order chi connectivity index (χ1) is 9.93. The molecule has 0 atom stereocenters. The van der Waals surface area contributed by atoms with Crippen molar-refractivity contribution in [2.45, 2.75) is 13.8 Å². The summed E-state index contributed by atoms with van der Waals surface area (Å²) in [5, 5.41) is 0. The van der Waals surface area contributed by atoms with Crippen molar-refractivity contribution in [3.8, 4) is 5.69 Å². The number of aromatic nitrogens is 2. The molecule has 1 amide bonds. The number of carbonyl (C=O) groups is 1. The molecule has 0 radical (unpaired) electrons. The summed E-state index contributed by atoms with van der Waals surface area (Å²) in [6.45, 7) is 5.29. The van der Waals surface area contributed by atoms with Crippen molar-refractivity contribution in [1.29, 1.82) is 0 Å². The van der Waals surface area contributed by atoms with Crippen molar-refractivity contribution in [2.75, 3.05) is 20.1 Å². The number of rotatable bonds is 5. The number of amides is 1. The van der Waals surface area contributed by atoms with E-state index in [0.29, 0.717) is 18.7 Å². The van der Waals surface area contributed by atoms with Crippen LogP contribution in [0.25, 0.3) is 5.69 Å². The van der Waals surface area contributed by atoms with Crippen LogP contribution >= 0.6 is 0 Å². The number of nitrogens with zero attached hydrogens (tertiary/aromatic N) is 3. The lowest BCUT2D eigenvalue weighted by Gasteiger charge is -2.29. The second kappa shape index (κ2) is 6.10. The molecular weight excluding hydrogens is 264 g/mol. The first-order valence-electron chi connectivity index (χ1n) is 6.97. The Morgan fingerprint density at radius 3 is 2.52 bits per heavy atom. The maximum atomic E-state index is 12.4. The first-order valence-corrected chi connectivity index (χ1v) is 6.97. The monoisotopic (exact) mass is 286 g/mol. The van der Waals surface area contributed by atoms with E-state index in [4.69, 9.17) is 5.73 Å². The fourth-order valence-electron chi connectivity index (χ4n) is 2.19. The number of carbonyl (C=O) groups excluding carboxylic acids is 1. The van der Waals surface area contributed by atoms with Gasteiger partial charge in [-0.05, 0) is 36.2 Å². The topological polar surface area (TPSA) is 64.2 Å². The summed E-state index contributed by atoms with van der Waals surface area (Å²) >= 11 is 0. The molecule has 2 rings (SSSR count). The van der Waals surface area contributed by atoms with Gasteiger partial charge < -0.3 is 15.2 Å². The normalized spacial score (nSPS) is 11.4. The summed E-state index contributed by atoms with van der Waals surface area (Å²) in [6, 6.07) is 7.50. The summed E-state index contributed by atoms with van der Waals surface area (Å²) in [7, 11) is 1.81. The Morgan fingerprint density at radius 2 is 2.00 bits per heavy atom. The molecule has 0 aliphatic carbocycles. The van der Waals surface area contributed by atoms with Gasteiger partial charge in [0.25, 0.3) is 5.91 Å². The van der Waals surface area contributed by atoms with Crippen LogP contribution in [0, 0.1) is 5.41 Å². The quantitative estimate of drug-likeness (QED) is 0.913. The zero-order valence-electron chi connectivity index (χ0n) is 12.8. The van der Waals surface area contributed by atoms with Crippen LogP contribution < -0.4 is 5.73 Å². The highest BCUT2D eigenvalue weighted by molar-refractivity contribution is 5.94. The summed E-state index contributed by atoms with van der Waals surface area (Å²) in [5.41, 5.74) is 7.29. The fraction of sp³-hybridized carbons (Fsp3) is 0.375. The van der Waals surface area contributed by atoms with Crippen LogP contribution in [0.15, 0.2) is 43.0 Å². The third-order valence-corrected chi connectivity index (χ3v) is 3.48. The molecule has 0 aliphatic rings. The van der Waals surface area contributed by atoms with Gasteiger partial charge in [-0.25, -0.2) is 4.98 Å². The molecule has 0 saturated carbocycles. The van der Waals surface area contributed by atoms with E-state index in [2.05, 4.69) is 18.8 Å². The van der Waals surface area contributed by atoms with E-state index in [0.717, 1.165) is 5.69 Å². The summed E-state index contributed by atoms with van der Waals surface area (Å²) in [4.78, 5) is 18.1. The zero-order chi connectivity index (χ0) is 15.5. The van der Waals surface area contributed by atoms with Crippen LogP contribution in [0.3, 0.4) is 0 Å². The number of hydrogen-bond donors (Lipinski definition) is 1. The Kier molecular flexibility index (Phi) is 4.43. The van der Waals surface area contributed by atoms with Gasteiger partial charge in [-0.3, -0.25) is 4.79 Å². The second-order valence-corrected chi connectivity index (χ2v) is 6.05. The first kappa shape index (κ1) is 15.3. The van der Waals surface area contributed by atoms with Crippen molar-refractivity contribution < 1.29 is 4.79 Å². The van der Waals surface area contributed by atoms with Gasteiger partial charge in [0.1, 0.15) is 0 Å². The van der Waals surface area contributed by atoms with Crippen molar-refractivity contribution in [1.82, 2.24) is 14.5 Å². The third kappa shape index (κ3) is 3.70. The maximum Gasteiger partial charge on any atom is 0.253 e. The van der Waals surface area contributed by atoms with Crippen molar-refractivity contribution in [3.63, 3.8) is 0 Å². The second-order valence-electron chi connectivity index (χ2n) is 6.05. The number of nitrogens with two attached hydrogens (primary N) is 1. The fourth-order valence-corrected chi connectivity index (χ4v) is 2.19. The minimum Gasteiger partial charge on any atom is -0.341 e. The van der Waals surface area contributed by atoms with E-state index < -0.39 is 0 Å². The van der Waals surface area contributed by atoms with Gasteiger partial charge in [0.15, 0.2) is 0 Å². The summed E-state index contributed by atoms with van der Waals surface area (Å²) < 4.78 is 1.90. The molecule has 5 heteroatoms. The lowest BCUT2D eigenvalue weighted by molar-refractivity contribution is 0.0740. The summed E-state index contributed by atoms with van der Waals surface area (Å²) in [6.07, 6.45) is 5.32. The standard InChI is InChI=1S/C16H22N4O/c1-16(2,10-17)11-19(3)15(21)13-4-6-14(7-5-13)20-9-8-18-12-20/h4-9,12H,10-11,17H2,1-3H3. The van der Waals surface area contributed by atoms with Crippen LogP contribution in [0.4, 0.5) is 0 Å². The highest BCUT2D eigenvalue weighted by Crippen LogP contribution is 2.16. The Morgan fingerprint density at radius 1 is 1.33 bits per heavy atom. The SMILES string of the molecule is CN(CC(C)(C)CN)C(=O)c1ccc(-n2ccnc2)cc1. The van der Waals surface area contributed by atoms with E-state index in [9.17, 15) is 4.79 Å². The largest absolute Gasteiger partial charge is 0.341 e. The molecule has 0 bridgehead atoms. The molecule has 21 heavy (non-hydrogen) atoms. The predicted octanol–water partition coefficient (Wildman–Crippen LogP) is 1.93. The highest BCUT2D eigenvalue weighted by Gasteiger charge is 2.21. The number of hydrogen-bond acceptors (Lipinski definition) is 3. The minimum absolute atomic E-state index is 0.00806. The van der Waals surface area contributed by atoms with Crippen molar-refractivity contribution in [2.24, 2.45) is 11.1 Å². The molecule has 2 N–H and O–H groups in total. The Bertz CT molecular complexity index is 587. The van der Waals surface area contributed by atoms with Gasteiger partial charge in [-0.2, -0.15) is 0 Å². The smallest absolute Gasteiger partial charge is 0.253 e. The van der Waals surface area contributed by atoms with Gasteiger partial charge in [0.05, 0.1) is 6.33 Å². The van der Waals surface area contributed by atoms with Gasteiger partial charge in [-0.1, -0.05) is 13.8 Å². The third-order valence-electron chi connectivity index (χ3n) is 3.48. The minimum atomic E-state index is -0.0822. The molecule has 0 saturated heterocycles. The average Bonchev–Trinajstić information content (AvgIpc) is 3.00. The molecule has 0 unspecified atom stereocenters. The Labute approximate surface area is 125 Å². The van der Waals surface area contributed by atoms with Crippen LogP contribution in [-0.2, 0) is 0 Å². The van der Waals surface area contributed by atoms with Crippen LogP contribution in [0.1, 0.15) is 24.2 Å². The van der Waals surface area contributed by atoms with E-state index in [1.807, 2.05) is 42.1 Å². The highest BCUT2D eigenvalue weighted by atomic mass is 16.2. The zero-order valence-corrected chi connectivity index (χ0v) is 12.8. The van der Waals surface area contributed by atoms with Crippen LogP contribution in [0.2, 0.25) is 0 Å². The molecule has 1 aromatic carbocycles. The summed E-state index contributed by atoms with van der Waals surface area (Å²) in [5.74, 6) is 0.00806. The van der Waals surface area contributed by atoms with Gasteiger partial charge in [-0.15, -0.1) is 0 Å². The van der Waals surface area contributed by atoms with Gasteiger partial charge in [0, 0.05) is 37.2 Å². The van der Waals surface area contributed by atoms with Gasteiger partial charge in [0.2, 0.25) is 0 Å². The molecular formula is C16H22N4O. The molecule has 1 aromatic heterocycles. The lowest BCUT2D eigenvalue weighted by Crippen LogP contribution is -2.39. The van der Waals surface area contributed by atoms with Crippen molar-refractivity contribution in [3.05, 3.63) is 48.5 Å². The predicted molar refractivity (Wildman–Crippen MR) is 83.4 cm³/mol. The average molecular weight is 286 g/mol. The molecule has 2 aromatic rings. The lowest BCUT2D eigenvalue weighted by atomic mass is 9.93. The number of imidazole rings is 1. The van der Waals surface area contributed by atoms with E-state index in [-0.39, 0.29) is 11.3 Å². The Hall–Kier alpha value is -2.14. The molecule has 112 valence electrons. The van der Waals surface area contributed by atoms with E-state index >= 15 is 0 Å². The molecule has 0 fully saturated rings.